The van der Waals surface area contributed by atoms with Crippen LogP contribution in [0.1, 0.15) is 35.4 Å². The molecule has 0 aromatic carbocycles. The van der Waals surface area contributed by atoms with E-state index in [1.165, 1.54) is 5.56 Å². The Morgan fingerprint density at radius 2 is 2.33 bits per heavy atom. The molecule has 0 unspecified atom stereocenters. The van der Waals surface area contributed by atoms with Gasteiger partial charge in [-0.1, -0.05) is 0 Å². The van der Waals surface area contributed by atoms with Crippen molar-refractivity contribution in [2.75, 3.05) is 32.1 Å². The second-order valence-electron chi connectivity index (χ2n) is 6.64. The lowest BCUT2D eigenvalue weighted by Crippen LogP contribution is -2.29. The number of hydrogen-bond acceptors (Lipinski definition) is 7. The Labute approximate surface area is 141 Å². The molecule has 1 fully saturated rings. The summed E-state index contributed by atoms with van der Waals surface area (Å²) in [4.78, 5) is 15.6. The lowest BCUT2D eigenvalue weighted by atomic mass is 10.0. The smallest absolute Gasteiger partial charge is 0.179 e. The number of anilines is 1. The van der Waals surface area contributed by atoms with Crippen LogP contribution in [0.25, 0.3) is 0 Å². The van der Waals surface area contributed by atoms with E-state index >= 15 is 0 Å². The zero-order valence-electron chi connectivity index (χ0n) is 14.1. The summed E-state index contributed by atoms with van der Waals surface area (Å²) in [5.41, 5.74) is 2.38. The van der Waals surface area contributed by atoms with E-state index in [0.717, 1.165) is 62.2 Å². The molecule has 2 aromatic heterocycles. The molecule has 2 atom stereocenters. The summed E-state index contributed by atoms with van der Waals surface area (Å²) in [6.07, 6.45) is 3.59. The van der Waals surface area contributed by atoms with Crippen molar-refractivity contribution in [1.29, 1.82) is 0 Å². The van der Waals surface area contributed by atoms with Crippen molar-refractivity contribution in [3.63, 3.8) is 0 Å². The van der Waals surface area contributed by atoms with Crippen molar-refractivity contribution >= 4 is 5.82 Å². The summed E-state index contributed by atoms with van der Waals surface area (Å²) in [6.45, 7) is 5.39. The lowest BCUT2D eigenvalue weighted by molar-refractivity contribution is 0.0863. The maximum atomic E-state index is 5.86. The number of H-pyrrole nitrogens is 1. The third kappa shape index (κ3) is 2.99. The van der Waals surface area contributed by atoms with Crippen LogP contribution in [0, 0.1) is 12.8 Å². The summed E-state index contributed by atoms with van der Waals surface area (Å²) >= 11 is 0. The number of hydrogen-bond donors (Lipinski definition) is 2. The van der Waals surface area contributed by atoms with Gasteiger partial charge in [-0.2, -0.15) is 5.10 Å². The Hall–Kier alpha value is -2.06. The minimum atomic E-state index is -0.0530. The Morgan fingerprint density at radius 3 is 3.17 bits per heavy atom. The molecule has 0 saturated carbocycles. The number of ether oxygens (including phenoxy) is 1. The average Bonchev–Trinajstić information content (AvgIpc) is 3.21. The molecule has 1 saturated heterocycles. The molecule has 2 aromatic rings. The summed E-state index contributed by atoms with van der Waals surface area (Å²) in [6, 6.07) is 0. The molecule has 2 aliphatic rings. The minimum absolute atomic E-state index is 0.0530. The van der Waals surface area contributed by atoms with Crippen molar-refractivity contribution in [2.24, 2.45) is 5.92 Å². The minimum Gasteiger partial charge on any atom is -0.370 e. The molecule has 0 bridgehead atoms. The Kier molecular flexibility index (Phi) is 4.15. The summed E-state index contributed by atoms with van der Waals surface area (Å²) in [5.74, 6) is 2.86. The van der Waals surface area contributed by atoms with E-state index in [-0.39, 0.29) is 6.10 Å². The van der Waals surface area contributed by atoms with E-state index in [1.54, 1.807) is 6.33 Å². The third-order valence-corrected chi connectivity index (χ3v) is 4.81. The molecule has 0 amide bonds. The highest BCUT2D eigenvalue weighted by atomic mass is 16.5. The van der Waals surface area contributed by atoms with Crippen molar-refractivity contribution < 1.29 is 4.74 Å². The second-order valence-corrected chi connectivity index (χ2v) is 6.64. The van der Waals surface area contributed by atoms with Gasteiger partial charge in [-0.15, -0.1) is 0 Å². The highest BCUT2D eigenvalue weighted by Gasteiger charge is 2.32. The molecule has 2 N–H and O–H groups in total. The van der Waals surface area contributed by atoms with E-state index in [9.17, 15) is 0 Å². The van der Waals surface area contributed by atoms with Gasteiger partial charge in [-0.25, -0.2) is 15.0 Å². The van der Waals surface area contributed by atoms with Crippen LogP contribution in [0.4, 0.5) is 5.82 Å². The standard InChI is InChI=1S/C16H23N7O/c1-10-20-16(22-21-10)14-11(4-6-24-14)7-17-15-12-8-23(2)5-3-13(12)18-9-19-15/h9,11,14H,3-8H2,1-2H3,(H,17,18,19)(H,20,21,22)/t11-,14-/m0/s1. The quantitative estimate of drug-likeness (QED) is 0.867. The fourth-order valence-corrected chi connectivity index (χ4v) is 3.47. The van der Waals surface area contributed by atoms with Gasteiger partial charge in [-0.3, -0.25) is 5.10 Å². The molecule has 8 nitrogen and oxygen atoms in total. The Bertz CT molecular complexity index is 716. The summed E-state index contributed by atoms with van der Waals surface area (Å²) < 4.78 is 5.86. The number of nitrogens with zero attached hydrogens (tertiary/aromatic N) is 5. The first kappa shape index (κ1) is 15.5. The Morgan fingerprint density at radius 1 is 1.42 bits per heavy atom. The molecule has 0 radical (unpaired) electrons. The maximum absolute atomic E-state index is 5.86. The summed E-state index contributed by atoms with van der Waals surface area (Å²) in [7, 11) is 2.13. The highest BCUT2D eigenvalue weighted by Crippen LogP contribution is 2.33. The van der Waals surface area contributed by atoms with Gasteiger partial charge in [0.2, 0.25) is 0 Å². The number of rotatable bonds is 4. The van der Waals surface area contributed by atoms with Crippen LogP contribution < -0.4 is 5.32 Å². The molecule has 24 heavy (non-hydrogen) atoms. The lowest BCUT2D eigenvalue weighted by Gasteiger charge is -2.26. The molecule has 0 aliphatic carbocycles. The van der Waals surface area contributed by atoms with Crippen molar-refractivity contribution in [3.05, 3.63) is 29.2 Å². The first-order chi connectivity index (χ1) is 11.7. The van der Waals surface area contributed by atoms with Gasteiger partial charge in [0.15, 0.2) is 5.82 Å². The zero-order valence-corrected chi connectivity index (χ0v) is 14.1. The molecule has 0 spiro atoms. The topological polar surface area (TPSA) is 91.8 Å². The first-order valence-corrected chi connectivity index (χ1v) is 8.46. The van der Waals surface area contributed by atoms with Crippen LogP contribution in [0.5, 0.6) is 0 Å². The maximum Gasteiger partial charge on any atom is 0.179 e. The number of nitrogens with one attached hydrogen (secondary N) is 2. The number of fused-ring (bicyclic) bond motifs is 1. The van der Waals surface area contributed by atoms with Crippen LogP contribution >= 0.6 is 0 Å². The fourth-order valence-electron chi connectivity index (χ4n) is 3.47. The molecular formula is C16H23N7O. The van der Waals surface area contributed by atoms with Crippen LogP contribution in [-0.2, 0) is 17.7 Å². The van der Waals surface area contributed by atoms with Crippen molar-refractivity contribution in [3.8, 4) is 0 Å². The molecule has 2 aliphatic heterocycles. The largest absolute Gasteiger partial charge is 0.370 e. The van der Waals surface area contributed by atoms with Gasteiger partial charge in [0, 0.05) is 44.1 Å². The van der Waals surface area contributed by atoms with Crippen LogP contribution in [0.15, 0.2) is 6.33 Å². The van der Waals surface area contributed by atoms with Gasteiger partial charge in [-0.05, 0) is 20.4 Å². The van der Waals surface area contributed by atoms with Gasteiger partial charge in [0.1, 0.15) is 24.1 Å². The van der Waals surface area contributed by atoms with Gasteiger partial charge < -0.3 is 15.0 Å². The average molecular weight is 329 g/mol. The van der Waals surface area contributed by atoms with E-state index in [0.29, 0.717) is 5.92 Å². The predicted molar refractivity (Wildman–Crippen MR) is 88.5 cm³/mol. The van der Waals surface area contributed by atoms with Crippen molar-refractivity contribution in [2.45, 2.75) is 32.4 Å². The number of aromatic amines is 1. The van der Waals surface area contributed by atoms with Crippen LogP contribution in [0.2, 0.25) is 0 Å². The summed E-state index contributed by atoms with van der Waals surface area (Å²) in [5, 5.41) is 10.7. The molecule has 128 valence electrons. The van der Waals surface area contributed by atoms with Gasteiger partial charge >= 0.3 is 0 Å². The monoisotopic (exact) mass is 329 g/mol. The van der Waals surface area contributed by atoms with E-state index in [2.05, 4.69) is 42.4 Å². The van der Waals surface area contributed by atoms with Gasteiger partial charge in [0.25, 0.3) is 0 Å². The highest BCUT2D eigenvalue weighted by molar-refractivity contribution is 5.47. The number of aromatic nitrogens is 5. The third-order valence-electron chi connectivity index (χ3n) is 4.81. The van der Waals surface area contributed by atoms with E-state index in [4.69, 9.17) is 4.74 Å². The molecular weight excluding hydrogens is 306 g/mol. The normalized spacial score (nSPS) is 24.1. The van der Waals surface area contributed by atoms with Crippen LogP contribution in [-0.4, -0.2) is 56.8 Å². The molecule has 4 heterocycles. The van der Waals surface area contributed by atoms with Gasteiger partial charge in [0.05, 0.1) is 5.69 Å². The number of aryl methyl sites for hydroxylation is 1. The second kappa shape index (κ2) is 6.45. The first-order valence-electron chi connectivity index (χ1n) is 8.46. The zero-order chi connectivity index (χ0) is 16.5. The predicted octanol–water partition coefficient (Wildman–Crippen LogP) is 1.08. The molecule has 8 heteroatoms. The number of likely N-dealkylation sites (N-methyl/N-ethyl adjacent to an activating group) is 1. The SMILES string of the molecule is Cc1nc([C@H]2OCC[C@H]2CNc2ncnc3c2CN(C)CC3)n[nH]1. The molecule has 4 rings (SSSR count). The fraction of sp³-hybridized carbons (Fsp3) is 0.625. The Balaban J connectivity index is 1.47. The van der Waals surface area contributed by atoms with E-state index in [1.807, 2.05) is 6.92 Å². The van der Waals surface area contributed by atoms with Crippen LogP contribution in [0.3, 0.4) is 0 Å². The van der Waals surface area contributed by atoms with E-state index < -0.39 is 0 Å². The van der Waals surface area contributed by atoms with Crippen molar-refractivity contribution in [1.82, 2.24) is 30.0 Å².